The Kier molecular flexibility index (Phi) is 3.93. The second-order valence-electron chi connectivity index (χ2n) is 3.98. The Morgan fingerprint density at radius 1 is 1.62 bits per heavy atom. The zero-order valence-electron chi connectivity index (χ0n) is 9.03. The summed E-state index contributed by atoms with van der Waals surface area (Å²) in [6, 6.07) is 0.406. The molecule has 1 aromatic rings. The number of nitrogens with one attached hydrogen (secondary N) is 1. The van der Waals surface area contributed by atoms with Crippen LogP contribution in [-0.2, 0) is 0 Å². The number of rotatable bonds is 5. The number of H-pyrrole nitrogens is 1. The van der Waals surface area contributed by atoms with Crippen LogP contribution in [0.3, 0.4) is 0 Å². The van der Waals surface area contributed by atoms with Crippen molar-refractivity contribution in [1.82, 2.24) is 20.3 Å². The summed E-state index contributed by atoms with van der Waals surface area (Å²) < 4.78 is 0. The summed E-state index contributed by atoms with van der Waals surface area (Å²) in [7, 11) is 0. The van der Waals surface area contributed by atoms with Gasteiger partial charge in [-0.05, 0) is 25.7 Å². The van der Waals surface area contributed by atoms with Crippen molar-refractivity contribution >= 4 is 21.8 Å². The molecular formula is C10H15BrN4O. The third-order valence-electron chi connectivity index (χ3n) is 2.94. The summed E-state index contributed by atoms with van der Waals surface area (Å²) in [5, 5.41) is 10.9. The molecule has 0 aliphatic heterocycles. The molecule has 1 fully saturated rings. The van der Waals surface area contributed by atoms with Crippen molar-refractivity contribution in [3.63, 3.8) is 0 Å². The predicted molar refractivity (Wildman–Crippen MR) is 63.5 cm³/mol. The molecule has 0 atom stereocenters. The van der Waals surface area contributed by atoms with Crippen molar-refractivity contribution in [3.8, 4) is 0 Å². The summed E-state index contributed by atoms with van der Waals surface area (Å²) in [6.07, 6.45) is 5.92. The molecule has 0 spiro atoms. The maximum atomic E-state index is 12.1. The lowest BCUT2D eigenvalue weighted by Crippen LogP contribution is -2.45. The maximum Gasteiger partial charge on any atom is 0.276 e. The number of alkyl halides is 1. The number of nitrogens with zero attached hydrogens (tertiary/aromatic N) is 3. The number of aromatic nitrogens is 3. The Balaban J connectivity index is 2.02. The van der Waals surface area contributed by atoms with E-state index in [4.69, 9.17) is 0 Å². The van der Waals surface area contributed by atoms with Crippen LogP contribution >= 0.6 is 15.9 Å². The highest BCUT2D eigenvalue weighted by Gasteiger charge is 2.29. The van der Waals surface area contributed by atoms with Gasteiger partial charge in [-0.25, -0.2) is 0 Å². The number of amides is 1. The minimum atomic E-state index is -0.000556. The largest absolute Gasteiger partial charge is 0.334 e. The summed E-state index contributed by atoms with van der Waals surface area (Å²) in [4.78, 5) is 14.1. The van der Waals surface area contributed by atoms with Gasteiger partial charge < -0.3 is 4.90 Å². The molecule has 0 aromatic carbocycles. The van der Waals surface area contributed by atoms with Crippen molar-refractivity contribution in [1.29, 1.82) is 0 Å². The van der Waals surface area contributed by atoms with Crippen LogP contribution in [0.15, 0.2) is 6.20 Å². The van der Waals surface area contributed by atoms with E-state index in [0.717, 1.165) is 31.1 Å². The highest BCUT2D eigenvalue weighted by Crippen LogP contribution is 2.26. The molecule has 88 valence electrons. The molecule has 1 aliphatic rings. The SMILES string of the molecule is O=C(c1cn[nH]n1)N(CCCBr)C1CCC1. The minimum absolute atomic E-state index is 0.000556. The zero-order valence-corrected chi connectivity index (χ0v) is 10.6. The van der Waals surface area contributed by atoms with Crippen LogP contribution in [0.5, 0.6) is 0 Å². The molecule has 1 heterocycles. The number of hydrogen-bond donors (Lipinski definition) is 1. The van der Waals surface area contributed by atoms with Gasteiger partial charge in [0.15, 0.2) is 5.69 Å². The van der Waals surface area contributed by atoms with Gasteiger partial charge in [-0.1, -0.05) is 15.9 Å². The number of hydrogen-bond acceptors (Lipinski definition) is 3. The second kappa shape index (κ2) is 5.43. The van der Waals surface area contributed by atoms with Crippen molar-refractivity contribution in [3.05, 3.63) is 11.9 Å². The van der Waals surface area contributed by atoms with E-state index < -0.39 is 0 Å². The van der Waals surface area contributed by atoms with Gasteiger partial charge in [0.2, 0.25) is 0 Å². The van der Waals surface area contributed by atoms with Gasteiger partial charge in [0.05, 0.1) is 6.20 Å². The molecule has 0 unspecified atom stereocenters. The third-order valence-corrected chi connectivity index (χ3v) is 3.50. The first-order valence-electron chi connectivity index (χ1n) is 5.55. The predicted octanol–water partition coefficient (Wildman–Crippen LogP) is 1.58. The van der Waals surface area contributed by atoms with Crippen LogP contribution in [0, 0.1) is 0 Å². The topological polar surface area (TPSA) is 61.9 Å². The molecule has 5 nitrogen and oxygen atoms in total. The Morgan fingerprint density at radius 3 is 2.94 bits per heavy atom. The number of carbonyl (C=O) groups is 1. The second-order valence-corrected chi connectivity index (χ2v) is 4.77. The standard InChI is InChI=1S/C10H15BrN4O/c11-5-2-6-15(8-3-1-4-8)10(16)9-7-12-14-13-9/h7-8H,1-6H2,(H,12,13,14). The van der Waals surface area contributed by atoms with Gasteiger partial charge in [-0.3, -0.25) is 4.79 Å². The Labute approximate surface area is 103 Å². The molecule has 16 heavy (non-hydrogen) atoms. The maximum absolute atomic E-state index is 12.1. The minimum Gasteiger partial charge on any atom is -0.334 e. The van der Waals surface area contributed by atoms with Gasteiger partial charge in [0.25, 0.3) is 5.91 Å². The summed E-state index contributed by atoms with van der Waals surface area (Å²) >= 11 is 3.39. The first-order valence-corrected chi connectivity index (χ1v) is 6.68. The molecular weight excluding hydrogens is 272 g/mol. The van der Waals surface area contributed by atoms with Crippen molar-refractivity contribution in [2.75, 3.05) is 11.9 Å². The Hall–Kier alpha value is -0.910. The highest BCUT2D eigenvalue weighted by atomic mass is 79.9. The molecule has 0 radical (unpaired) electrons. The van der Waals surface area contributed by atoms with Gasteiger partial charge in [-0.2, -0.15) is 15.4 Å². The van der Waals surface area contributed by atoms with Gasteiger partial charge >= 0.3 is 0 Å². The fraction of sp³-hybridized carbons (Fsp3) is 0.700. The van der Waals surface area contributed by atoms with Crippen molar-refractivity contribution in [2.45, 2.75) is 31.7 Å². The fourth-order valence-electron chi connectivity index (χ4n) is 1.83. The summed E-state index contributed by atoms with van der Waals surface area (Å²) in [5.74, 6) is -0.000556. The fourth-order valence-corrected chi connectivity index (χ4v) is 2.08. The first kappa shape index (κ1) is 11.6. The Bertz CT molecular complexity index is 337. The van der Waals surface area contributed by atoms with E-state index in [1.807, 2.05) is 4.90 Å². The summed E-state index contributed by atoms with van der Waals surface area (Å²) in [5.41, 5.74) is 0.418. The van der Waals surface area contributed by atoms with Crippen LogP contribution in [0.4, 0.5) is 0 Å². The van der Waals surface area contributed by atoms with Crippen molar-refractivity contribution < 1.29 is 4.79 Å². The van der Waals surface area contributed by atoms with E-state index >= 15 is 0 Å². The van der Waals surface area contributed by atoms with E-state index in [1.165, 1.54) is 12.6 Å². The van der Waals surface area contributed by atoms with Crippen molar-refractivity contribution in [2.24, 2.45) is 0 Å². The molecule has 1 aliphatic carbocycles. The molecule has 1 N–H and O–H groups in total. The molecule has 1 amide bonds. The van der Waals surface area contributed by atoms with Crippen LogP contribution < -0.4 is 0 Å². The van der Waals surface area contributed by atoms with Crippen LogP contribution in [-0.4, -0.2) is 44.1 Å². The summed E-state index contributed by atoms with van der Waals surface area (Å²) in [6.45, 7) is 0.793. The Morgan fingerprint density at radius 2 is 2.44 bits per heavy atom. The smallest absolute Gasteiger partial charge is 0.276 e. The van der Waals surface area contributed by atoms with Crippen LogP contribution in [0.1, 0.15) is 36.2 Å². The number of aromatic amines is 1. The lowest BCUT2D eigenvalue weighted by molar-refractivity contribution is 0.0575. The normalized spacial score (nSPS) is 15.8. The first-order chi connectivity index (χ1) is 7.83. The monoisotopic (exact) mass is 286 g/mol. The third kappa shape index (κ3) is 2.42. The molecule has 1 aromatic heterocycles. The average Bonchev–Trinajstić information content (AvgIpc) is 2.73. The average molecular weight is 287 g/mol. The highest BCUT2D eigenvalue weighted by molar-refractivity contribution is 9.09. The van der Waals surface area contributed by atoms with E-state index in [9.17, 15) is 4.79 Å². The number of halogens is 1. The van der Waals surface area contributed by atoms with E-state index in [1.54, 1.807) is 0 Å². The van der Waals surface area contributed by atoms with E-state index in [-0.39, 0.29) is 5.91 Å². The van der Waals surface area contributed by atoms with Crippen LogP contribution in [0.2, 0.25) is 0 Å². The zero-order chi connectivity index (χ0) is 11.4. The quantitative estimate of drug-likeness (QED) is 0.836. The lowest BCUT2D eigenvalue weighted by atomic mass is 9.91. The van der Waals surface area contributed by atoms with Gasteiger partial charge in [-0.15, -0.1) is 0 Å². The van der Waals surface area contributed by atoms with Gasteiger partial charge in [0.1, 0.15) is 0 Å². The molecule has 0 saturated heterocycles. The van der Waals surface area contributed by atoms with E-state index in [2.05, 4.69) is 31.3 Å². The van der Waals surface area contributed by atoms with E-state index in [0.29, 0.717) is 11.7 Å². The number of carbonyl (C=O) groups excluding carboxylic acids is 1. The van der Waals surface area contributed by atoms with Crippen LogP contribution in [0.25, 0.3) is 0 Å². The molecule has 6 heteroatoms. The van der Waals surface area contributed by atoms with Gasteiger partial charge in [0, 0.05) is 17.9 Å². The molecule has 1 saturated carbocycles. The lowest BCUT2D eigenvalue weighted by Gasteiger charge is -2.37. The molecule has 2 rings (SSSR count). The molecule has 0 bridgehead atoms.